The predicted octanol–water partition coefficient (Wildman–Crippen LogP) is 4.79. The topological polar surface area (TPSA) is 12.0 Å². The quantitative estimate of drug-likeness (QED) is 0.768. The Balaban J connectivity index is 1.99. The van der Waals surface area contributed by atoms with E-state index in [2.05, 4.69) is 47.4 Å². The average Bonchev–Trinajstić information content (AvgIpc) is 3.01. The summed E-state index contributed by atoms with van der Waals surface area (Å²) in [4.78, 5) is 1.49. The maximum absolute atomic E-state index is 3.69. The summed E-state index contributed by atoms with van der Waals surface area (Å²) in [6, 6.07) is 4.89. The second-order valence-electron chi connectivity index (χ2n) is 4.63. The molecular weight excluding hydrogens is 258 g/mol. The standard InChI is InChI=1S/C15H21NS2/c1-3-8-16-15(14-11-17-10-12(14)2)7-6-13-5-4-9-18-13/h4-5,9-11,15-16H,3,6-8H2,1-2H3. The zero-order chi connectivity index (χ0) is 12.8. The molecule has 98 valence electrons. The zero-order valence-electron chi connectivity index (χ0n) is 11.1. The largest absolute Gasteiger partial charge is 0.310 e. The van der Waals surface area contributed by atoms with Gasteiger partial charge in [-0.25, -0.2) is 0 Å². The molecule has 2 heterocycles. The molecule has 2 aromatic heterocycles. The lowest BCUT2D eigenvalue weighted by Crippen LogP contribution is -2.22. The molecule has 1 nitrogen and oxygen atoms in total. The molecule has 2 aromatic rings. The molecule has 0 aliphatic carbocycles. The van der Waals surface area contributed by atoms with Crippen LogP contribution in [-0.4, -0.2) is 6.54 Å². The summed E-state index contributed by atoms with van der Waals surface area (Å²) < 4.78 is 0. The fraction of sp³-hybridized carbons (Fsp3) is 0.467. The van der Waals surface area contributed by atoms with Crippen molar-refractivity contribution in [1.29, 1.82) is 0 Å². The Bertz CT molecular complexity index is 445. The number of nitrogens with one attached hydrogen (secondary N) is 1. The first-order valence-corrected chi connectivity index (χ1v) is 8.42. The van der Waals surface area contributed by atoms with Crippen molar-refractivity contribution in [2.24, 2.45) is 0 Å². The van der Waals surface area contributed by atoms with E-state index in [9.17, 15) is 0 Å². The van der Waals surface area contributed by atoms with Crippen LogP contribution in [0.3, 0.4) is 0 Å². The van der Waals surface area contributed by atoms with Crippen molar-refractivity contribution in [2.75, 3.05) is 6.54 Å². The Morgan fingerprint density at radius 1 is 1.33 bits per heavy atom. The molecule has 0 amide bonds. The summed E-state index contributed by atoms with van der Waals surface area (Å²) in [5, 5.41) is 10.4. The summed E-state index contributed by atoms with van der Waals surface area (Å²) in [5.41, 5.74) is 2.92. The number of aryl methyl sites for hydroxylation is 2. The molecule has 18 heavy (non-hydrogen) atoms. The van der Waals surface area contributed by atoms with Gasteiger partial charge in [0.1, 0.15) is 0 Å². The molecule has 0 fully saturated rings. The van der Waals surface area contributed by atoms with E-state index >= 15 is 0 Å². The van der Waals surface area contributed by atoms with Gasteiger partial charge < -0.3 is 5.32 Å². The molecule has 0 aliphatic rings. The fourth-order valence-corrected chi connectivity index (χ4v) is 3.78. The second-order valence-corrected chi connectivity index (χ2v) is 6.41. The van der Waals surface area contributed by atoms with E-state index in [0.29, 0.717) is 6.04 Å². The van der Waals surface area contributed by atoms with E-state index in [4.69, 9.17) is 0 Å². The van der Waals surface area contributed by atoms with Crippen LogP contribution in [0.1, 0.15) is 41.8 Å². The van der Waals surface area contributed by atoms with Crippen LogP contribution in [0.4, 0.5) is 0 Å². The summed E-state index contributed by atoms with van der Waals surface area (Å²) >= 11 is 3.68. The molecular formula is C15H21NS2. The first-order chi connectivity index (χ1) is 8.81. The van der Waals surface area contributed by atoms with E-state index in [1.54, 1.807) is 0 Å². The van der Waals surface area contributed by atoms with Crippen molar-refractivity contribution >= 4 is 22.7 Å². The molecule has 2 rings (SSSR count). The van der Waals surface area contributed by atoms with Gasteiger partial charge in [-0.2, -0.15) is 11.3 Å². The normalized spacial score (nSPS) is 12.8. The number of hydrogen-bond acceptors (Lipinski definition) is 3. The fourth-order valence-electron chi connectivity index (χ4n) is 2.15. The highest BCUT2D eigenvalue weighted by molar-refractivity contribution is 7.09. The Hall–Kier alpha value is -0.640. The van der Waals surface area contributed by atoms with Gasteiger partial charge in [-0.15, -0.1) is 11.3 Å². The molecule has 0 saturated heterocycles. The Morgan fingerprint density at radius 2 is 2.22 bits per heavy atom. The molecule has 3 heteroatoms. The van der Waals surface area contributed by atoms with Crippen LogP contribution in [0.15, 0.2) is 28.3 Å². The maximum atomic E-state index is 3.69. The lowest BCUT2D eigenvalue weighted by atomic mass is 10.0. The van der Waals surface area contributed by atoms with Crippen LogP contribution in [0.25, 0.3) is 0 Å². The minimum atomic E-state index is 0.512. The summed E-state index contributed by atoms with van der Waals surface area (Å²) in [5.74, 6) is 0. The third-order valence-corrected chi connectivity index (χ3v) is 4.99. The molecule has 0 bridgehead atoms. The lowest BCUT2D eigenvalue weighted by molar-refractivity contribution is 0.500. The van der Waals surface area contributed by atoms with E-state index in [0.717, 1.165) is 6.54 Å². The molecule has 0 aromatic carbocycles. The maximum Gasteiger partial charge on any atom is 0.0334 e. The minimum Gasteiger partial charge on any atom is -0.310 e. The van der Waals surface area contributed by atoms with E-state index in [-0.39, 0.29) is 0 Å². The van der Waals surface area contributed by atoms with Crippen molar-refractivity contribution in [1.82, 2.24) is 5.32 Å². The summed E-state index contributed by atoms with van der Waals surface area (Å²) in [7, 11) is 0. The van der Waals surface area contributed by atoms with Crippen molar-refractivity contribution in [3.8, 4) is 0 Å². The Labute approximate surface area is 118 Å². The van der Waals surface area contributed by atoms with Crippen molar-refractivity contribution in [3.63, 3.8) is 0 Å². The van der Waals surface area contributed by atoms with Crippen LogP contribution in [0.2, 0.25) is 0 Å². The molecule has 0 saturated carbocycles. The van der Waals surface area contributed by atoms with Gasteiger partial charge in [0.15, 0.2) is 0 Å². The molecule has 0 aliphatic heterocycles. The predicted molar refractivity (Wildman–Crippen MR) is 82.7 cm³/mol. The van der Waals surface area contributed by atoms with Gasteiger partial charge in [-0.05, 0) is 66.1 Å². The zero-order valence-corrected chi connectivity index (χ0v) is 12.7. The van der Waals surface area contributed by atoms with Gasteiger partial charge in [0.25, 0.3) is 0 Å². The highest BCUT2D eigenvalue weighted by atomic mass is 32.1. The second kappa shape index (κ2) is 7.07. The Morgan fingerprint density at radius 3 is 2.83 bits per heavy atom. The molecule has 0 radical (unpaired) electrons. The molecule has 0 spiro atoms. The number of hydrogen-bond donors (Lipinski definition) is 1. The van der Waals surface area contributed by atoms with Crippen molar-refractivity contribution in [2.45, 2.75) is 39.2 Å². The van der Waals surface area contributed by atoms with E-state index < -0.39 is 0 Å². The van der Waals surface area contributed by atoms with Gasteiger partial charge in [-0.3, -0.25) is 0 Å². The smallest absolute Gasteiger partial charge is 0.0334 e. The lowest BCUT2D eigenvalue weighted by Gasteiger charge is -2.18. The molecule has 1 atom stereocenters. The highest BCUT2D eigenvalue weighted by Gasteiger charge is 2.13. The van der Waals surface area contributed by atoms with Gasteiger partial charge >= 0.3 is 0 Å². The van der Waals surface area contributed by atoms with Gasteiger partial charge in [0.05, 0.1) is 0 Å². The van der Waals surface area contributed by atoms with Crippen LogP contribution < -0.4 is 5.32 Å². The van der Waals surface area contributed by atoms with Crippen molar-refractivity contribution in [3.05, 3.63) is 44.3 Å². The molecule has 1 N–H and O–H groups in total. The third kappa shape index (κ3) is 3.67. The average molecular weight is 279 g/mol. The van der Waals surface area contributed by atoms with Gasteiger partial charge in [0.2, 0.25) is 0 Å². The molecule has 1 unspecified atom stereocenters. The summed E-state index contributed by atoms with van der Waals surface area (Å²) in [6.07, 6.45) is 3.56. The first kappa shape index (κ1) is 13.8. The SMILES string of the molecule is CCCNC(CCc1cccs1)c1cscc1C. The number of rotatable bonds is 7. The van der Waals surface area contributed by atoms with Crippen LogP contribution in [0, 0.1) is 6.92 Å². The highest BCUT2D eigenvalue weighted by Crippen LogP contribution is 2.26. The van der Waals surface area contributed by atoms with Crippen LogP contribution >= 0.6 is 22.7 Å². The van der Waals surface area contributed by atoms with Crippen LogP contribution in [-0.2, 0) is 6.42 Å². The minimum absolute atomic E-state index is 0.512. The monoisotopic (exact) mass is 279 g/mol. The Kier molecular flexibility index (Phi) is 5.42. The van der Waals surface area contributed by atoms with E-state index in [1.807, 2.05) is 22.7 Å². The third-order valence-electron chi connectivity index (χ3n) is 3.17. The van der Waals surface area contributed by atoms with E-state index in [1.165, 1.54) is 35.3 Å². The van der Waals surface area contributed by atoms with Gasteiger partial charge in [0, 0.05) is 10.9 Å². The number of thiophene rings is 2. The first-order valence-electron chi connectivity index (χ1n) is 6.59. The summed E-state index contributed by atoms with van der Waals surface area (Å²) in [6.45, 7) is 5.55. The van der Waals surface area contributed by atoms with Crippen LogP contribution in [0.5, 0.6) is 0 Å². The van der Waals surface area contributed by atoms with Gasteiger partial charge in [-0.1, -0.05) is 13.0 Å². The van der Waals surface area contributed by atoms with Crippen molar-refractivity contribution < 1.29 is 0 Å².